The van der Waals surface area contributed by atoms with Gasteiger partial charge in [0.1, 0.15) is 5.75 Å². The van der Waals surface area contributed by atoms with Gasteiger partial charge in [0.15, 0.2) is 19.0 Å². The maximum absolute atomic E-state index is 11.9. The number of hydrogen-bond donors (Lipinski definition) is 2. The van der Waals surface area contributed by atoms with Crippen LogP contribution in [0.2, 0.25) is 0 Å². The Kier molecular flexibility index (Phi) is 7.96. The number of ether oxygens (including phenoxy) is 2. The Labute approximate surface area is 168 Å². The molecule has 0 heterocycles. The molecule has 2 N–H and O–H groups in total. The summed E-state index contributed by atoms with van der Waals surface area (Å²) in [6.07, 6.45) is 0.933. The van der Waals surface area contributed by atoms with Crippen molar-refractivity contribution < 1.29 is 24.0 Å². The van der Waals surface area contributed by atoms with Crippen molar-refractivity contribution in [3.05, 3.63) is 64.2 Å². The summed E-state index contributed by atoms with van der Waals surface area (Å²) in [6, 6.07) is 13.2. The Morgan fingerprint density at radius 1 is 0.966 bits per heavy atom. The molecule has 1 unspecified atom stereocenters. The normalized spacial score (nSPS) is 11.2. The highest BCUT2D eigenvalue weighted by Crippen LogP contribution is 2.28. The molecular formula is C20H23N3O6. The fraction of sp³-hybridized carbons (Fsp3) is 0.300. The van der Waals surface area contributed by atoms with Crippen molar-refractivity contribution >= 4 is 17.5 Å². The second kappa shape index (κ2) is 10.6. The number of nitrogens with one attached hydrogen (secondary N) is 2. The summed E-state index contributed by atoms with van der Waals surface area (Å²) < 4.78 is 10.7. The first kappa shape index (κ1) is 21.7. The van der Waals surface area contributed by atoms with Gasteiger partial charge in [0.25, 0.3) is 11.8 Å². The predicted octanol–water partition coefficient (Wildman–Crippen LogP) is 2.71. The summed E-state index contributed by atoms with van der Waals surface area (Å²) in [5, 5.41) is 10.9. The van der Waals surface area contributed by atoms with E-state index in [0.717, 1.165) is 12.0 Å². The maximum Gasteiger partial charge on any atom is 0.310 e. The summed E-state index contributed by atoms with van der Waals surface area (Å²) in [4.78, 5) is 34.0. The number of hydrogen-bond acceptors (Lipinski definition) is 6. The largest absolute Gasteiger partial charge is 0.483 e. The van der Waals surface area contributed by atoms with Crippen LogP contribution in [0.3, 0.4) is 0 Å². The number of para-hydroxylation sites is 3. The average molecular weight is 401 g/mol. The minimum absolute atomic E-state index is 0.0380. The van der Waals surface area contributed by atoms with Gasteiger partial charge in [-0.05, 0) is 30.0 Å². The number of benzene rings is 2. The lowest BCUT2D eigenvalue weighted by atomic mass is 9.98. The predicted molar refractivity (Wildman–Crippen MR) is 106 cm³/mol. The monoisotopic (exact) mass is 401 g/mol. The second-order valence-electron chi connectivity index (χ2n) is 6.25. The van der Waals surface area contributed by atoms with Gasteiger partial charge >= 0.3 is 5.69 Å². The number of amides is 2. The average Bonchev–Trinajstić information content (AvgIpc) is 2.74. The molecule has 0 fully saturated rings. The van der Waals surface area contributed by atoms with Crippen LogP contribution in [0.4, 0.5) is 5.69 Å². The first-order valence-electron chi connectivity index (χ1n) is 9.08. The van der Waals surface area contributed by atoms with Crippen LogP contribution >= 0.6 is 0 Å². The van der Waals surface area contributed by atoms with Crippen molar-refractivity contribution in [3.8, 4) is 11.5 Å². The van der Waals surface area contributed by atoms with Crippen LogP contribution in [0.15, 0.2) is 48.5 Å². The van der Waals surface area contributed by atoms with Gasteiger partial charge in [-0.15, -0.1) is 0 Å². The Balaban J connectivity index is 1.79. The lowest BCUT2D eigenvalue weighted by molar-refractivity contribution is -0.385. The van der Waals surface area contributed by atoms with Gasteiger partial charge in [-0.3, -0.25) is 30.6 Å². The SMILES string of the molecule is CCC(C)c1ccccc1OCC(=O)NNC(=O)COc1ccccc1[N+](=O)[O-]. The number of carbonyl (C=O) groups is 2. The van der Waals surface area contributed by atoms with Crippen LogP contribution in [-0.4, -0.2) is 30.0 Å². The second-order valence-corrected chi connectivity index (χ2v) is 6.25. The summed E-state index contributed by atoms with van der Waals surface area (Å²) in [5.41, 5.74) is 5.14. The summed E-state index contributed by atoms with van der Waals surface area (Å²) in [7, 11) is 0. The minimum Gasteiger partial charge on any atom is -0.483 e. The molecule has 0 saturated carbocycles. The molecule has 0 aliphatic rings. The van der Waals surface area contributed by atoms with Crippen LogP contribution in [0.25, 0.3) is 0 Å². The lowest BCUT2D eigenvalue weighted by Crippen LogP contribution is -2.45. The first-order valence-corrected chi connectivity index (χ1v) is 9.08. The molecule has 2 aromatic carbocycles. The fourth-order valence-corrected chi connectivity index (χ4v) is 2.47. The number of nitrogens with zero attached hydrogens (tertiary/aromatic N) is 1. The fourth-order valence-electron chi connectivity index (χ4n) is 2.47. The topological polar surface area (TPSA) is 120 Å². The van der Waals surface area contributed by atoms with Gasteiger partial charge in [0.05, 0.1) is 4.92 Å². The molecule has 2 amide bonds. The van der Waals surface area contributed by atoms with E-state index in [0.29, 0.717) is 5.75 Å². The summed E-state index contributed by atoms with van der Waals surface area (Å²) in [6.45, 7) is 3.36. The summed E-state index contributed by atoms with van der Waals surface area (Å²) in [5.74, 6) is -0.361. The van der Waals surface area contributed by atoms with E-state index in [1.807, 2.05) is 18.2 Å². The molecule has 29 heavy (non-hydrogen) atoms. The van der Waals surface area contributed by atoms with Crippen molar-refractivity contribution in [1.29, 1.82) is 0 Å². The van der Waals surface area contributed by atoms with E-state index < -0.39 is 23.3 Å². The molecule has 2 rings (SSSR count). The zero-order chi connectivity index (χ0) is 21.2. The van der Waals surface area contributed by atoms with Crippen LogP contribution in [0.5, 0.6) is 11.5 Å². The van der Waals surface area contributed by atoms with Crippen molar-refractivity contribution in [3.63, 3.8) is 0 Å². The number of rotatable bonds is 9. The van der Waals surface area contributed by atoms with E-state index in [4.69, 9.17) is 9.47 Å². The van der Waals surface area contributed by atoms with Crippen molar-refractivity contribution in [2.75, 3.05) is 13.2 Å². The van der Waals surface area contributed by atoms with Gasteiger partial charge < -0.3 is 9.47 Å². The van der Waals surface area contributed by atoms with E-state index in [1.165, 1.54) is 18.2 Å². The van der Waals surface area contributed by atoms with Gasteiger partial charge in [-0.2, -0.15) is 0 Å². The summed E-state index contributed by atoms with van der Waals surface area (Å²) >= 11 is 0. The minimum atomic E-state index is -0.670. The Bertz CT molecular complexity index is 871. The van der Waals surface area contributed by atoms with Gasteiger partial charge in [0.2, 0.25) is 0 Å². The van der Waals surface area contributed by atoms with E-state index in [1.54, 1.807) is 12.1 Å². The molecule has 9 heteroatoms. The molecule has 0 aliphatic carbocycles. The van der Waals surface area contributed by atoms with E-state index in [9.17, 15) is 19.7 Å². The third-order valence-electron chi connectivity index (χ3n) is 4.18. The molecule has 0 bridgehead atoms. The van der Waals surface area contributed by atoms with E-state index in [-0.39, 0.29) is 24.0 Å². The van der Waals surface area contributed by atoms with Gasteiger partial charge in [-0.25, -0.2) is 0 Å². The molecule has 9 nitrogen and oxygen atoms in total. The van der Waals surface area contributed by atoms with E-state index in [2.05, 4.69) is 24.7 Å². The van der Waals surface area contributed by atoms with Crippen molar-refractivity contribution in [2.24, 2.45) is 0 Å². The van der Waals surface area contributed by atoms with Crippen molar-refractivity contribution in [2.45, 2.75) is 26.2 Å². The molecule has 0 spiro atoms. The molecule has 154 valence electrons. The van der Waals surface area contributed by atoms with Crippen molar-refractivity contribution in [1.82, 2.24) is 10.9 Å². The standard InChI is InChI=1S/C20H23N3O6/c1-3-14(2)15-8-4-6-10-17(15)28-12-19(24)21-22-20(25)13-29-18-11-7-5-9-16(18)23(26)27/h4-11,14H,3,12-13H2,1-2H3,(H,21,24)(H,22,25). The molecular weight excluding hydrogens is 378 g/mol. The van der Waals surface area contributed by atoms with Gasteiger partial charge in [-0.1, -0.05) is 44.2 Å². The molecule has 0 saturated heterocycles. The highest BCUT2D eigenvalue weighted by Gasteiger charge is 2.15. The highest BCUT2D eigenvalue weighted by molar-refractivity contribution is 5.83. The zero-order valence-electron chi connectivity index (χ0n) is 16.2. The third kappa shape index (κ3) is 6.49. The quantitative estimate of drug-likeness (QED) is 0.492. The molecule has 2 aromatic rings. The maximum atomic E-state index is 11.9. The lowest BCUT2D eigenvalue weighted by Gasteiger charge is -2.15. The van der Waals surface area contributed by atoms with Crippen LogP contribution in [-0.2, 0) is 9.59 Å². The number of nitro benzene ring substituents is 1. The zero-order valence-corrected chi connectivity index (χ0v) is 16.2. The van der Waals surface area contributed by atoms with Crippen LogP contribution in [0, 0.1) is 10.1 Å². The molecule has 0 radical (unpaired) electrons. The van der Waals surface area contributed by atoms with Gasteiger partial charge in [0, 0.05) is 6.07 Å². The third-order valence-corrected chi connectivity index (χ3v) is 4.18. The Morgan fingerprint density at radius 3 is 2.07 bits per heavy atom. The van der Waals surface area contributed by atoms with Crippen LogP contribution in [0.1, 0.15) is 31.7 Å². The highest BCUT2D eigenvalue weighted by atomic mass is 16.6. The number of nitro groups is 1. The van der Waals surface area contributed by atoms with E-state index >= 15 is 0 Å². The smallest absolute Gasteiger partial charge is 0.310 e. The number of hydrazine groups is 1. The Morgan fingerprint density at radius 2 is 1.48 bits per heavy atom. The molecule has 0 aromatic heterocycles. The Hall–Kier alpha value is -3.62. The van der Waals surface area contributed by atoms with Crippen LogP contribution < -0.4 is 20.3 Å². The number of carbonyl (C=O) groups excluding carboxylic acids is 2. The first-order chi connectivity index (χ1) is 13.9. The molecule has 1 atom stereocenters. The molecule has 0 aliphatic heterocycles.